The number of ether oxygens (including phenoxy) is 1. The second kappa shape index (κ2) is 8.35. The number of nitrogens with one attached hydrogen (secondary N) is 1. The van der Waals surface area contributed by atoms with Gasteiger partial charge >= 0.3 is 0 Å². The van der Waals surface area contributed by atoms with E-state index in [9.17, 15) is 4.79 Å². The average Bonchev–Trinajstić information content (AvgIpc) is 3.12. The van der Waals surface area contributed by atoms with Gasteiger partial charge in [0.05, 0.1) is 0 Å². The first-order chi connectivity index (χ1) is 13.6. The maximum absolute atomic E-state index is 12.2. The van der Waals surface area contributed by atoms with Crippen molar-refractivity contribution in [2.75, 3.05) is 20.3 Å². The van der Waals surface area contributed by atoms with Gasteiger partial charge in [0.2, 0.25) is 0 Å². The lowest BCUT2D eigenvalue weighted by atomic mass is 9.62. The van der Waals surface area contributed by atoms with Gasteiger partial charge in [-0.1, -0.05) is 39.8 Å². The molecule has 0 bridgehead atoms. The molecule has 0 radical (unpaired) electrons. The Morgan fingerprint density at radius 3 is 2.41 bits per heavy atom. The van der Waals surface area contributed by atoms with Crippen molar-refractivity contribution in [2.24, 2.45) is 0 Å². The van der Waals surface area contributed by atoms with Gasteiger partial charge in [-0.2, -0.15) is 0 Å². The largest absolute Gasteiger partial charge is 0.456 e. The Kier molecular flexibility index (Phi) is 6.23. The number of carbonyl (C=O) groups excluding carboxylic acids is 1. The number of rotatable bonds is 7. The van der Waals surface area contributed by atoms with E-state index in [-0.39, 0.29) is 16.7 Å². The van der Waals surface area contributed by atoms with E-state index < -0.39 is 0 Å². The van der Waals surface area contributed by atoms with Crippen LogP contribution in [-0.2, 0) is 22.0 Å². The highest BCUT2D eigenvalue weighted by atomic mass is 16.5. The third kappa shape index (κ3) is 4.75. The summed E-state index contributed by atoms with van der Waals surface area (Å²) in [5.41, 5.74) is 5.89. The summed E-state index contributed by atoms with van der Waals surface area (Å²) in [6.07, 6.45) is 3.90. The Hall–Kier alpha value is -2.07. The molecule has 0 spiro atoms. The monoisotopic (exact) mass is 397 g/mol. The van der Waals surface area contributed by atoms with Gasteiger partial charge in [0.15, 0.2) is 5.76 Å². The van der Waals surface area contributed by atoms with Crippen LogP contribution in [0.25, 0.3) is 0 Å². The molecule has 1 N–H and O–H groups in total. The first-order valence-electron chi connectivity index (χ1n) is 10.6. The molecule has 1 aliphatic carbocycles. The fourth-order valence-electron chi connectivity index (χ4n) is 4.25. The van der Waals surface area contributed by atoms with Crippen LogP contribution >= 0.6 is 0 Å². The SMILES string of the molecule is COCCCNC(=O)c1ccc(Cc2cc3c(cc2C)C(C)(C)CCC3(C)C)o1. The summed E-state index contributed by atoms with van der Waals surface area (Å²) in [6, 6.07) is 8.43. The van der Waals surface area contributed by atoms with E-state index in [1.54, 1.807) is 13.2 Å². The zero-order valence-electron chi connectivity index (χ0n) is 18.8. The smallest absolute Gasteiger partial charge is 0.286 e. The molecule has 0 saturated carbocycles. The van der Waals surface area contributed by atoms with Crippen LogP contribution in [0.2, 0.25) is 0 Å². The van der Waals surface area contributed by atoms with Gasteiger partial charge in [0.1, 0.15) is 5.76 Å². The van der Waals surface area contributed by atoms with E-state index >= 15 is 0 Å². The summed E-state index contributed by atoms with van der Waals surface area (Å²) in [5.74, 6) is 1.02. The molecule has 29 heavy (non-hydrogen) atoms. The van der Waals surface area contributed by atoms with Crippen LogP contribution in [0.15, 0.2) is 28.7 Å². The zero-order chi connectivity index (χ0) is 21.2. The lowest BCUT2D eigenvalue weighted by Crippen LogP contribution is -2.34. The molecule has 158 valence electrons. The summed E-state index contributed by atoms with van der Waals surface area (Å²) in [5, 5.41) is 2.87. The second-order valence-corrected chi connectivity index (χ2v) is 9.64. The summed E-state index contributed by atoms with van der Waals surface area (Å²) in [4.78, 5) is 12.2. The molecule has 0 atom stereocenters. The maximum Gasteiger partial charge on any atom is 0.286 e. The summed E-state index contributed by atoms with van der Waals surface area (Å²) >= 11 is 0. The van der Waals surface area contributed by atoms with Gasteiger partial charge in [-0.05, 0) is 71.4 Å². The zero-order valence-corrected chi connectivity index (χ0v) is 18.8. The number of hydrogen-bond acceptors (Lipinski definition) is 3. The van der Waals surface area contributed by atoms with Gasteiger partial charge in [0, 0.05) is 26.7 Å². The van der Waals surface area contributed by atoms with Gasteiger partial charge in [0.25, 0.3) is 5.91 Å². The third-order valence-electron chi connectivity index (χ3n) is 6.37. The first kappa shape index (κ1) is 21.6. The van der Waals surface area contributed by atoms with Gasteiger partial charge in [-0.25, -0.2) is 0 Å². The summed E-state index contributed by atoms with van der Waals surface area (Å²) in [6.45, 7) is 12.8. The number of fused-ring (bicyclic) bond motifs is 1. The molecule has 0 saturated heterocycles. The summed E-state index contributed by atoms with van der Waals surface area (Å²) in [7, 11) is 1.66. The predicted octanol–water partition coefficient (Wildman–Crippen LogP) is 5.29. The minimum absolute atomic E-state index is 0.169. The molecular formula is C25H35NO3. The molecule has 1 aromatic carbocycles. The second-order valence-electron chi connectivity index (χ2n) is 9.64. The Bertz CT molecular complexity index is 876. The van der Waals surface area contributed by atoms with Crippen LogP contribution in [-0.4, -0.2) is 26.2 Å². The number of methoxy groups -OCH3 is 1. The number of furan rings is 1. The van der Waals surface area contributed by atoms with Crippen molar-refractivity contribution in [3.05, 3.63) is 58.0 Å². The van der Waals surface area contributed by atoms with Crippen molar-refractivity contribution in [3.63, 3.8) is 0 Å². The molecule has 1 aromatic heterocycles. The molecule has 4 heteroatoms. The van der Waals surface area contributed by atoms with Crippen LogP contribution in [0.1, 0.15) is 85.5 Å². The molecule has 1 amide bonds. The Labute approximate surface area is 175 Å². The average molecular weight is 398 g/mol. The topological polar surface area (TPSA) is 51.5 Å². The predicted molar refractivity (Wildman–Crippen MR) is 117 cm³/mol. The normalized spacial score (nSPS) is 17.0. The quantitative estimate of drug-likeness (QED) is 0.646. The van der Waals surface area contributed by atoms with Gasteiger partial charge in [-0.15, -0.1) is 0 Å². The molecule has 1 aliphatic rings. The number of amides is 1. The molecule has 0 unspecified atom stereocenters. The van der Waals surface area contributed by atoms with Crippen LogP contribution < -0.4 is 5.32 Å². The van der Waals surface area contributed by atoms with Crippen LogP contribution in [0.3, 0.4) is 0 Å². The van der Waals surface area contributed by atoms with Crippen LogP contribution in [0.4, 0.5) is 0 Å². The van der Waals surface area contributed by atoms with Crippen molar-refractivity contribution in [2.45, 2.75) is 71.1 Å². The lowest BCUT2D eigenvalue weighted by Gasteiger charge is -2.42. The van der Waals surface area contributed by atoms with Crippen molar-refractivity contribution in [1.29, 1.82) is 0 Å². The fraction of sp³-hybridized carbons (Fsp3) is 0.560. The van der Waals surface area contributed by atoms with E-state index in [1.165, 1.54) is 35.1 Å². The van der Waals surface area contributed by atoms with E-state index in [2.05, 4.69) is 52.1 Å². The molecule has 3 rings (SSSR count). The number of hydrogen-bond donors (Lipinski definition) is 1. The Balaban J connectivity index is 1.78. The van der Waals surface area contributed by atoms with Crippen molar-refractivity contribution in [1.82, 2.24) is 5.32 Å². The fourth-order valence-corrected chi connectivity index (χ4v) is 4.25. The molecule has 0 fully saturated rings. The molecule has 0 aliphatic heterocycles. The minimum atomic E-state index is -0.169. The van der Waals surface area contributed by atoms with Gasteiger partial charge in [-0.3, -0.25) is 4.79 Å². The molecular weight excluding hydrogens is 362 g/mol. The van der Waals surface area contributed by atoms with Crippen molar-refractivity contribution in [3.8, 4) is 0 Å². The highest BCUT2D eigenvalue weighted by Gasteiger charge is 2.37. The standard InChI is InChI=1S/C25H35NO3/c1-17-14-20-21(25(4,5)11-10-24(20,2)3)16-18(17)15-19-8-9-22(29-19)23(27)26-12-7-13-28-6/h8-9,14,16H,7,10-13,15H2,1-6H3,(H,26,27). The van der Waals surface area contributed by atoms with Crippen molar-refractivity contribution >= 4 is 5.91 Å². The highest BCUT2D eigenvalue weighted by Crippen LogP contribution is 2.46. The third-order valence-corrected chi connectivity index (χ3v) is 6.37. The van der Waals surface area contributed by atoms with E-state index in [1.807, 2.05) is 6.07 Å². The summed E-state index contributed by atoms with van der Waals surface area (Å²) < 4.78 is 10.9. The Morgan fingerprint density at radius 1 is 1.10 bits per heavy atom. The number of aryl methyl sites for hydroxylation is 1. The van der Waals surface area contributed by atoms with Crippen LogP contribution in [0.5, 0.6) is 0 Å². The number of benzene rings is 1. The van der Waals surface area contributed by atoms with Gasteiger partial charge < -0.3 is 14.5 Å². The van der Waals surface area contributed by atoms with E-state index in [4.69, 9.17) is 9.15 Å². The maximum atomic E-state index is 12.2. The van der Waals surface area contributed by atoms with Crippen LogP contribution in [0, 0.1) is 6.92 Å². The number of carbonyl (C=O) groups is 1. The highest BCUT2D eigenvalue weighted by molar-refractivity contribution is 5.91. The molecule has 1 heterocycles. The molecule has 2 aromatic rings. The van der Waals surface area contributed by atoms with E-state index in [0.717, 1.165) is 12.2 Å². The molecule has 4 nitrogen and oxygen atoms in total. The van der Waals surface area contributed by atoms with E-state index in [0.29, 0.717) is 25.3 Å². The minimum Gasteiger partial charge on any atom is -0.456 e. The first-order valence-corrected chi connectivity index (χ1v) is 10.6. The Morgan fingerprint density at radius 2 is 1.76 bits per heavy atom. The lowest BCUT2D eigenvalue weighted by molar-refractivity contribution is 0.0919. The van der Waals surface area contributed by atoms with Crippen molar-refractivity contribution < 1.29 is 13.9 Å².